The molecule has 0 aliphatic rings. The Kier molecular flexibility index (Phi) is 4.18. The van der Waals surface area contributed by atoms with E-state index in [0.29, 0.717) is 23.2 Å². The van der Waals surface area contributed by atoms with Crippen LogP contribution in [0.1, 0.15) is 10.4 Å². The van der Waals surface area contributed by atoms with Gasteiger partial charge in [0, 0.05) is 11.1 Å². The number of furan rings is 1. The molecule has 0 radical (unpaired) electrons. The fourth-order valence-corrected chi connectivity index (χ4v) is 3.25. The Labute approximate surface area is 137 Å². The Hall–Kier alpha value is -2.93. The Morgan fingerprint density at radius 2 is 1.79 bits per heavy atom. The van der Waals surface area contributed by atoms with Crippen LogP contribution in [-0.4, -0.2) is 14.7 Å². The van der Waals surface area contributed by atoms with E-state index in [1.54, 1.807) is 24.3 Å². The molecule has 0 spiro atoms. The number of benzene rings is 2. The zero-order valence-electron chi connectivity index (χ0n) is 12.3. The maximum atomic E-state index is 13.0. The van der Waals surface area contributed by atoms with Gasteiger partial charge in [-0.1, -0.05) is 6.07 Å². The van der Waals surface area contributed by atoms with Crippen molar-refractivity contribution >= 4 is 22.0 Å². The van der Waals surface area contributed by atoms with Crippen molar-refractivity contribution in [3.8, 4) is 11.3 Å². The summed E-state index contributed by atoms with van der Waals surface area (Å²) in [6.07, 6.45) is 2.07. The largest absolute Gasteiger partial charge is 0.464 e. The molecule has 2 aromatic carbocycles. The molecule has 0 saturated carbocycles. The van der Waals surface area contributed by atoms with Crippen LogP contribution in [0.15, 0.2) is 70.2 Å². The van der Waals surface area contributed by atoms with Gasteiger partial charge in [0.2, 0.25) is 0 Å². The molecule has 0 bridgehead atoms. The van der Waals surface area contributed by atoms with E-state index in [1.807, 2.05) is 0 Å². The van der Waals surface area contributed by atoms with Crippen LogP contribution in [0.5, 0.6) is 0 Å². The van der Waals surface area contributed by atoms with E-state index in [2.05, 4.69) is 4.72 Å². The van der Waals surface area contributed by atoms with Crippen molar-refractivity contribution in [2.75, 3.05) is 4.72 Å². The number of carbonyl (C=O) groups is 1. The lowest BCUT2D eigenvalue weighted by molar-refractivity contribution is 0.112. The number of nitrogens with one attached hydrogen (secondary N) is 1. The zero-order chi connectivity index (χ0) is 17.2. The summed E-state index contributed by atoms with van der Waals surface area (Å²) in [5.74, 6) is -0.0857. The summed E-state index contributed by atoms with van der Waals surface area (Å²) < 4.78 is 45.7. The fraction of sp³-hybridized carbons (Fsp3) is 0. The number of aldehydes is 1. The molecule has 0 saturated heterocycles. The minimum absolute atomic E-state index is 0.0919. The van der Waals surface area contributed by atoms with Gasteiger partial charge in [0.1, 0.15) is 17.9 Å². The van der Waals surface area contributed by atoms with E-state index >= 15 is 0 Å². The first-order valence-corrected chi connectivity index (χ1v) is 8.39. The minimum atomic E-state index is -3.94. The van der Waals surface area contributed by atoms with E-state index in [-0.39, 0.29) is 10.6 Å². The Bertz CT molecular complexity index is 964. The van der Waals surface area contributed by atoms with Gasteiger partial charge >= 0.3 is 0 Å². The Morgan fingerprint density at radius 1 is 1.04 bits per heavy atom. The predicted octanol–water partition coefficient (Wildman–Crippen LogP) is 3.70. The van der Waals surface area contributed by atoms with Crippen molar-refractivity contribution in [3.05, 3.63) is 72.2 Å². The van der Waals surface area contributed by atoms with Gasteiger partial charge in [0.15, 0.2) is 0 Å². The van der Waals surface area contributed by atoms with Gasteiger partial charge in [0.25, 0.3) is 10.0 Å². The highest BCUT2D eigenvalue weighted by Crippen LogP contribution is 2.31. The van der Waals surface area contributed by atoms with E-state index in [9.17, 15) is 17.6 Å². The van der Waals surface area contributed by atoms with Crippen LogP contribution in [0, 0.1) is 5.82 Å². The smallest absolute Gasteiger partial charge is 0.261 e. The van der Waals surface area contributed by atoms with Gasteiger partial charge in [-0.05, 0) is 48.5 Å². The molecule has 3 rings (SSSR count). The third-order valence-corrected chi connectivity index (χ3v) is 4.72. The quantitative estimate of drug-likeness (QED) is 0.715. The summed E-state index contributed by atoms with van der Waals surface area (Å²) in [4.78, 5) is 10.9. The third-order valence-electron chi connectivity index (χ3n) is 3.33. The molecule has 0 aliphatic heterocycles. The molecule has 122 valence electrons. The van der Waals surface area contributed by atoms with Crippen LogP contribution >= 0.6 is 0 Å². The summed E-state index contributed by atoms with van der Waals surface area (Å²) in [6, 6.07) is 12.3. The summed E-state index contributed by atoms with van der Waals surface area (Å²) in [7, 11) is -3.94. The van der Waals surface area contributed by atoms with Crippen molar-refractivity contribution in [1.82, 2.24) is 0 Å². The molecular formula is C17H12FNO4S. The first-order chi connectivity index (χ1) is 11.5. The number of hydrogen-bond donors (Lipinski definition) is 1. The molecule has 3 aromatic rings. The van der Waals surface area contributed by atoms with Gasteiger partial charge in [-0.2, -0.15) is 0 Å². The third kappa shape index (κ3) is 3.21. The number of carbonyl (C=O) groups excluding carboxylic acids is 1. The molecule has 7 heteroatoms. The lowest BCUT2D eigenvalue weighted by atomic mass is 10.1. The summed E-state index contributed by atoms with van der Waals surface area (Å²) in [6.45, 7) is 0. The van der Waals surface area contributed by atoms with Gasteiger partial charge in [-0.25, -0.2) is 12.8 Å². The van der Waals surface area contributed by atoms with Crippen molar-refractivity contribution in [2.24, 2.45) is 0 Å². The highest BCUT2D eigenvalue weighted by molar-refractivity contribution is 7.92. The average Bonchev–Trinajstić information content (AvgIpc) is 3.09. The SMILES string of the molecule is O=Cc1ccc(-c2ccco2)c(NS(=O)(=O)c2ccc(F)cc2)c1. The van der Waals surface area contributed by atoms with E-state index in [1.165, 1.54) is 12.3 Å². The number of halogens is 1. The van der Waals surface area contributed by atoms with Gasteiger partial charge < -0.3 is 4.42 Å². The molecule has 0 fully saturated rings. The van der Waals surface area contributed by atoms with E-state index in [4.69, 9.17) is 4.42 Å². The summed E-state index contributed by atoms with van der Waals surface area (Å²) in [5.41, 5.74) is 0.984. The van der Waals surface area contributed by atoms with Crippen LogP contribution in [0.3, 0.4) is 0 Å². The lowest BCUT2D eigenvalue weighted by Crippen LogP contribution is -2.13. The molecule has 1 N–H and O–H groups in total. The number of anilines is 1. The lowest BCUT2D eigenvalue weighted by Gasteiger charge is -2.12. The van der Waals surface area contributed by atoms with E-state index < -0.39 is 15.8 Å². The maximum Gasteiger partial charge on any atom is 0.261 e. The normalized spacial score (nSPS) is 11.2. The van der Waals surface area contributed by atoms with Gasteiger partial charge in [-0.15, -0.1) is 0 Å². The highest BCUT2D eigenvalue weighted by atomic mass is 32.2. The second-order valence-corrected chi connectivity index (χ2v) is 6.64. The second kappa shape index (κ2) is 6.29. The van der Waals surface area contributed by atoms with Crippen molar-refractivity contribution in [3.63, 3.8) is 0 Å². The first kappa shape index (κ1) is 15.9. The van der Waals surface area contributed by atoms with Crippen LogP contribution in [0.2, 0.25) is 0 Å². The van der Waals surface area contributed by atoms with E-state index in [0.717, 1.165) is 24.3 Å². The molecule has 5 nitrogen and oxygen atoms in total. The van der Waals surface area contributed by atoms with Gasteiger partial charge in [-0.3, -0.25) is 9.52 Å². The standard InChI is InChI=1S/C17H12FNO4S/c18-13-4-6-14(7-5-13)24(21,22)19-16-10-12(11-20)3-8-15(16)17-2-1-9-23-17/h1-11,19H. The average molecular weight is 345 g/mol. The molecule has 24 heavy (non-hydrogen) atoms. The van der Waals surface area contributed by atoms with Crippen LogP contribution in [0.4, 0.5) is 10.1 Å². The topological polar surface area (TPSA) is 76.4 Å². The summed E-state index contributed by atoms with van der Waals surface area (Å²) >= 11 is 0. The molecule has 0 amide bonds. The summed E-state index contributed by atoms with van der Waals surface area (Å²) in [5, 5.41) is 0. The molecule has 0 atom stereocenters. The zero-order valence-corrected chi connectivity index (χ0v) is 13.1. The second-order valence-electron chi connectivity index (χ2n) is 4.96. The van der Waals surface area contributed by atoms with Crippen molar-refractivity contribution in [2.45, 2.75) is 4.90 Å². The maximum absolute atomic E-state index is 13.0. The van der Waals surface area contributed by atoms with Crippen molar-refractivity contribution < 1.29 is 22.0 Å². The fourth-order valence-electron chi connectivity index (χ4n) is 2.18. The first-order valence-electron chi connectivity index (χ1n) is 6.91. The van der Waals surface area contributed by atoms with Crippen molar-refractivity contribution in [1.29, 1.82) is 0 Å². The highest BCUT2D eigenvalue weighted by Gasteiger charge is 2.18. The molecule has 1 heterocycles. The number of rotatable bonds is 5. The number of hydrogen-bond acceptors (Lipinski definition) is 4. The monoisotopic (exact) mass is 345 g/mol. The Balaban J connectivity index is 2.05. The molecule has 1 aromatic heterocycles. The van der Waals surface area contributed by atoms with Crippen LogP contribution in [0.25, 0.3) is 11.3 Å². The molecular weight excluding hydrogens is 333 g/mol. The molecule has 0 unspecified atom stereocenters. The van der Waals surface area contributed by atoms with Crippen LogP contribution in [-0.2, 0) is 10.0 Å². The molecule has 0 aliphatic carbocycles. The van der Waals surface area contributed by atoms with Crippen LogP contribution < -0.4 is 4.72 Å². The Morgan fingerprint density at radius 3 is 2.42 bits per heavy atom. The number of sulfonamides is 1. The van der Waals surface area contributed by atoms with Gasteiger partial charge in [0.05, 0.1) is 16.8 Å². The predicted molar refractivity (Wildman–Crippen MR) is 86.7 cm³/mol. The minimum Gasteiger partial charge on any atom is -0.464 e.